The van der Waals surface area contributed by atoms with Crippen LogP contribution in [0.5, 0.6) is 11.5 Å². The zero-order chi connectivity index (χ0) is 18.9. The monoisotopic (exact) mass is 356 g/mol. The summed E-state index contributed by atoms with van der Waals surface area (Å²) in [6, 6.07) is 13.5. The molecule has 0 aromatic heterocycles. The van der Waals surface area contributed by atoms with Crippen molar-refractivity contribution in [3.05, 3.63) is 59.2 Å². The third-order valence-electron chi connectivity index (χ3n) is 4.23. The summed E-state index contributed by atoms with van der Waals surface area (Å²) in [4.78, 5) is 12.0. The number of carbonyl (C=O) groups excluding carboxylic acids is 1. The largest absolute Gasteiger partial charge is 0.497 e. The molecule has 2 aromatic carbocycles. The van der Waals surface area contributed by atoms with Crippen molar-refractivity contribution >= 4 is 6.03 Å². The van der Waals surface area contributed by atoms with Crippen LogP contribution in [0.25, 0.3) is 0 Å². The Morgan fingerprint density at radius 1 is 1.08 bits per heavy atom. The van der Waals surface area contributed by atoms with Gasteiger partial charge in [-0.2, -0.15) is 0 Å². The lowest BCUT2D eigenvalue weighted by molar-refractivity contribution is 0.236. The predicted molar refractivity (Wildman–Crippen MR) is 104 cm³/mol. The number of hydrogen-bond donors (Lipinski definition) is 2. The number of carbonyl (C=O) groups is 1. The van der Waals surface area contributed by atoms with Crippen LogP contribution < -0.4 is 20.1 Å². The average Bonchev–Trinajstić information content (AvgIpc) is 2.63. The van der Waals surface area contributed by atoms with Gasteiger partial charge in [-0.15, -0.1) is 0 Å². The molecular formula is C21H28N2O3. The van der Waals surface area contributed by atoms with Gasteiger partial charge in [0.25, 0.3) is 0 Å². The van der Waals surface area contributed by atoms with Crippen molar-refractivity contribution in [2.24, 2.45) is 0 Å². The maximum absolute atomic E-state index is 12.0. The highest BCUT2D eigenvalue weighted by atomic mass is 16.5. The van der Waals surface area contributed by atoms with Crippen LogP contribution in [0.2, 0.25) is 0 Å². The van der Waals surface area contributed by atoms with Gasteiger partial charge >= 0.3 is 6.03 Å². The first-order valence-corrected chi connectivity index (χ1v) is 8.88. The van der Waals surface area contributed by atoms with Crippen molar-refractivity contribution in [1.82, 2.24) is 10.6 Å². The van der Waals surface area contributed by atoms with E-state index in [1.165, 1.54) is 0 Å². The van der Waals surface area contributed by atoms with Gasteiger partial charge in [0, 0.05) is 6.54 Å². The van der Waals surface area contributed by atoms with Crippen molar-refractivity contribution in [1.29, 1.82) is 0 Å². The number of urea groups is 1. The molecule has 5 heteroatoms. The summed E-state index contributed by atoms with van der Waals surface area (Å²) in [5.74, 6) is 1.74. The van der Waals surface area contributed by atoms with E-state index in [4.69, 9.17) is 9.47 Å². The van der Waals surface area contributed by atoms with E-state index in [-0.39, 0.29) is 12.1 Å². The molecule has 5 nitrogen and oxygen atoms in total. The van der Waals surface area contributed by atoms with Gasteiger partial charge in [-0.25, -0.2) is 4.79 Å². The minimum atomic E-state index is -0.180. The van der Waals surface area contributed by atoms with Crippen LogP contribution >= 0.6 is 0 Å². The molecule has 0 radical (unpaired) electrons. The van der Waals surface area contributed by atoms with Crippen molar-refractivity contribution < 1.29 is 14.3 Å². The van der Waals surface area contributed by atoms with Crippen LogP contribution in [-0.2, 0) is 0 Å². The number of nitrogens with one attached hydrogen (secondary N) is 2. The molecule has 2 amide bonds. The van der Waals surface area contributed by atoms with Crippen LogP contribution in [0.3, 0.4) is 0 Å². The molecule has 0 saturated carbocycles. The highest BCUT2D eigenvalue weighted by Crippen LogP contribution is 2.22. The number of amides is 2. The highest BCUT2D eigenvalue weighted by molar-refractivity contribution is 5.74. The van der Waals surface area contributed by atoms with Crippen LogP contribution in [0, 0.1) is 13.8 Å². The topological polar surface area (TPSA) is 59.6 Å². The zero-order valence-electron chi connectivity index (χ0n) is 16.0. The lowest BCUT2D eigenvalue weighted by Gasteiger charge is -2.16. The summed E-state index contributed by atoms with van der Waals surface area (Å²) < 4.78 is 11.0. The Hall–Kier alpha value is -2.69. The number of para-hydroxylation sites is 1. The number of ether oxygens (including phenoxy) is 2. The molecule has 1 unspecified atom stereocenters. The standard InChI is InChI=1S/C21H28N2O3/c1-15-7-5-8-16(2)20(15)26-14-6-13-22-21(24)23-17(3)18-9-11-19(25-4)12-10-18/h5,7-12,17H,6,13-14H2,1-4H3,(H2,22,23,24). The molecule has 2 rings (SSSR count). The fourth-order valence-electron chi connectivity index (χ4n) is 2.70. The quantitative estimate of drug-likeness (QED) is 0.699. The average molecular weight is 356 g/mol. The van der Waals surface area contributed by atoms with Crippen LogP contribution in [0.4, 0.5) is 4.79 Å². The Labute approximate surface area is 155 Å². The first kappa shape index (κ1) is 19.6. The molecule has 0 bridgehead atoms. The van der Waals surface area contributed by atoms with Gasteiger partial charge in [-0.3, -0.25) is 0 Å². The lowest BCUT2D eigenvalue weighted by atomic mass is 10.1. The maximum atomic E-state index is 12.0. The molecule has 0 heterocycles. The zero-order valence-corrected chi connectivity index (χ0v) is 16.0. The van der Waals surface area contributed by atoms with Gasteiger partial charge in [-0.1, -0.05) is 30.3 Å². The Kier molecular flexibility index (Phi) is 7.33. The third-order valence-corrected chi connectivity index (χ3v) is 4.23. The van der Waals surface area contributed by atoms with E-state index in [1.807, 2.05) is 63.2 Å². The fourth-order valence-corrected chi connectivity index (χ4v) is 2.70. The maximum Gasteiger partial charge on any atom is 0.315 e. The predicted octanol–water partition coefficient (Wildman–Crippen LogP) is 4.14. The van der Waals surface area contributed by atoms with Gasteiger partial charge < -0.3 is 20.1 Å². The summed E-state index contributed by atoms with van der Waals surface area (Å²) >= 11 is 0. The van der Waals surface area contributed by atoms with Crippen LogP contribution in [-0.4, -0.2) is 26.3 Å². The van der Waals surface area contributed by atoms with Crippen molar-refractivity contribution in [3.8, 4) is 11.5 Å². The molecule has 0 aliphatic rings. The second kappa shape index (κ2) is 9.70. The van der Waals surface area contributed by atoms with Crippen LogP contribution in [0.15, 0.2) is 42.5 Å². The van der Waals surface area contributed by atoms with E-state index in [2.05, 4.69) is 10.6 Å². The first-order valence-electron chi connectivity index (χ1n) is 8.88. The molecule has 0 aliphatic carbocycles. The van der Waals surface area contributed by atoms with E-state index in [9.17, 15) is 4.79 Å². The Balaban J connectivity index is 1.68. The van der Waals surface area contributed by atoms with Gasteiger partial charge in [0.2, 0.25) is 0 Å². The second-order valence-corrected chi connectivity index (χ2v) is 6.32. The fraction of sp³-hybridized carbons (Fsp3) is 0.381. The molecular weight excluding hydrogens is 328 g/mol. The third kappa shape index (κ3) is 5.69. The van der Waals surface area contributed by atoms with E-state index >= 15 is 0 Å². The van der Waals surface area contributed by atoms with E-state index < -0.39 is 0 Å². The number of hydrogen-bond acceptors (Lipinski definition) is 3. The minimum Gasteiger partial charge on any atom is -0.497 e. The van der Waals surface area contributed by atoms with Crippen molar-refractivity contribution in [2.45, 2.75) is 33.2 Å². The summed E-state index contributed by atoms with van der Waals surface area (Å²) in [7, 11) is 1.63. The normalized spacial score (nSPS) is 11.5. The number of methoxy groups -OCH3 is 1. The van der Waals surface area contributed by atoms with Gasteiger partial charge in [0.05, 0.1) is 19.8 Å². The highest BCUT2D eigenvalue weighted by Gasteiger charge is 2.09. The summed E-state index contributed by atoms with van der Waals surface area (Å²) in [6.45, 7) is 7.15. The molecule has 0 spiro atoms. The summed E-state index contributed by atoms with van der Waals surface area (Å²) in [5, 5.41) is 5.80. The Morgan fingerprint density at radius 3 is 2.35 bits per heavy atom. The van der Waals surface area contributed by atoms with Gasteiger partial charge in [0.1, 0.15) is 11.5 Å². The Morgan fingerprint density at radius 2 is 1.73 bits per heavy atom. The number of aryl methyl sites for hydroxylation is 2. The Bertz CT molecular complexity index is 693. The van der Waals surface area contributed by atoms with E-state index in [0.717, 1.165) is 34.6 Å². The molecule has 0 aliphatic heterocycles. The molecule has 0 saturated heterocycles. The van der Waals surface area contributed by atoms with Gasteiger partial charge in [-0.05, 0) is 56.0 Å². The van der Waals surface area contributed by atoms with Crippen LogP contribution in [0.1, 0.15) is 36.1 Å². The smallest absolute Gasteiger partial charge is 0.315 e. The summed E-state index contributed by atoms with van der Waals surface area (Å²) in [6.07, 6.45) is 0.748. The van der Waals surface area contributed by atoms with Crippen molar-refractivity contribution in [2.75, 3.05) is 20.3 Å². The molecule has 0 fully saturated rings. The molecule has 2 aromatic rings. The summed E-state index contributed by atoms with van der Waals surface area (Å²) in [5.41, 5.74) is 3.28. The molecule has 26 heavy (non-hydrogen) atoms. The first-order chi connectivity index (χ1) is 12.5. The second-order valence-electron chi connectivity index (χ2n) is 6.32. The molecule has 140 valence electrons. The number of rotatable bonds is 8. The van der Waals surface area contributed by atoms with Gasteiger partial charge in [0.15, 0.2) is 0 Å². The lowest BCUT2D eigenvalue weighted by Crippen LogP contribution is -2.37. The van der Waals surface area contributed by atoms with Crippen molar-refractivity contribution in [3.63, 3.8) is 0 Å². The van der Waals surface area contributed by atoms with E-state index in [1.54, 1.807) is 7.11 Å². The minimum absolute atomic E-state index is 0.0771. The number of benzene rings is 2. The SMILES string of the molecule is COc1ccc(C(C)NC(=O)NCCCOc2c(C)cccc2C)cc1. The molecule has 2 N–H and O–H groups in total. The molecule has 1 atom stereocenters. The van der Waals surface area contributed by atoms with E-state index in [0.29, 0.717) is 13.2 Å².